The fraction of sp³-hybridized carbons (Fsp3) is 0.0952. The number of carbonyl (C=O) groups excluding carboxylic acids is 1. The molecule has 0 fully saturated rings. The summed E-state index contributed by atoms with van der Waals surface area (Å²) in [5.74, 6) is 0.878. The van der Waals surface area contributed by atoms with Gasteiger partial charge in [-0.3, -0.25) is 9.59 Å². The van der Waals surface area contributed by atoms with Crippen molar-refractivity contribution in [2.45, 2.75) is 6.42 Å². The Hall–Kier alpha value is -2.96. The molecule has 2 aromatic carbocycles. The summed E-state index contributed by atoms with van der Waals surface area (Å²) >= 11 is 7.59. The van der Waals surface area contributed by atoms with Crippen LogP contribution in [0, 0.1) is 0 Å². The van der Waals surface area contributed by atoms with Crippen molar-refractivity contribution >= 4 is 38.9 Å². The van der Waals surface area contributed by atoms with Crippen LogP contribution < -0.4 is 10.3 Å². The zero-order chi connectivity index (χ0) is 19.7. The smallest absolute Gasteiger partial charge is 0.268 e. The Morgan fingerprint density at radius 3 is 2.64 bits per heavy atom. The van der Waals surface area contributed by atoms with E-state index < -0.39 is 0 Å². The summed E-state index contributed by atoms with van der Waals surface area (Å²) in [6, 6.07) is 16.1. The third kappa shape index (κ3) is 3.56. The van der Waals surface area contributed by atoms with Gasteiger partial charge in [0.15, 0.2) is 5.78 Å². The van der Waals surface area contributed by atoms with Crippen LogP contribution >= 0.6 is 22.9 Å². The number of fused-ring (bicyclic) bond motifs is 1. The predicted octanol–water partition coefficient (Wildman–Crippen LogP) is 4.74. The standard InChI is InChI=1S/C21H15ClN2O3S/c1-27-13-8-6-12(7-9-13)17(25)11-19-23-16-10-18(28-20(16)21(26)24-19)14-4-2-3-5-15(14)22/h2-10H,11H2,1H3,(H,23,24,26). The zero-order valence-electron chi connectivity index (χ0n) is 14.9. The molecule has 4 rings (SSSR count). The lowest BCUT2D eigenvalue weighted by Crippen LogP contribution is -2.14. The summed E-state index contributed by atoms with van der Waals surface area (Å²) in [6.45, 7) is 0. The minimum Gasteiger partial charge on any atom is -0.497 e. The number of halogens is 1. The molecule has 0 amide bonds. The monoisotopic (exact) mass is 410 g/mol. The van der Waals surface area contributed by atoms with Crippen molar-refractivity contribution in [2.24, 2.45) is 0 Å². The number of H-pyrrole nitrogens is 1. The Kier molecular flexibility index (Phi) is 4.98. The number of nitrogens with zero attached hydrogens (tertiary/aromatic N) is 1. The fourth-order valence-electron chi connectivity index (χ4n) is 2.90. The summed E-state index contributed by atoms with van der Waals surface area (Å²) in [5, 5.41) is 0.611. The first-order valence-corrected chi connectivity index (χ1v) is 9.69. The summed E-state index contributed by atoms with van der Waals surface area (Å²) in [5.41, 5.74) is 1.68. The third-order valence-electron chi connectivity index (χ3n) is 4.31. The van der Waals surface area contributed by atoms with Crippen LogP contribution in [0.3, 0.4) is 0 Å². The summed E-state index contributed by atoms with van der Waals surface area (Å²) < 4.78 is 5.61. The summed E-state index contributed by atoms with van der Waals surface area (Å²) in [6.07, 6.45) is 0.00871. The van der Waals surface area contributed by atoms with Gasteiger partial charge in [-0.1, -0.05) is 29.8 Å². The largest absolute Gasteiger partial charge is 0.497 e. The van der Waals surface area contributed by atoms with Gasteiger partial charge in [0.05, 0.1) is 19.0 Å². The predicted molar refractivity (Wildman–Crippen MR) is 112 cm³/mol. The number of benzene rings is 2. The van der Waals surface area contributed by atoms with Crippen molar-refractivity contribution in [2.75, 3.05) is 7.11 Å². The van der Waals surface area contributed by atoms with Crippen LogP contribution in [0.1, 0.15) is 16.2 Å². The molecule has 7 heteroatoms. The second kappa shape index (κ2) is 7.58. The molecular weight excluding hydrogens is 396 g/mol. The van der Waals surface area contributed by atoms with Crippen molar-refractivity contribution in [3.63, 3.8) is 0 Å². The number of aromatic nitrogens is 2. The van der Waals surface area contributed by atoms with E-state index in [0.717, 1.165) is 10.4 Å². The number of carbonyl (C=O) groups is 1. The Balaban J connectivity index is 1.66. The molecule has 140 valence electrons. The Bertz CT molecular complexity index is 1230. The molecule has 0 radical (unpaired) electrons. The third-order valence-corrected chi connectivity index (χ3v) is 5.80. The van der Waals surface area contributed by atoms with E-state index in [1.807, 2.05) is 24.3 Å². The number of thiophene rings is 1. The second-order valence-electron chi connectivity index (χ2n) is 6.15. The van der Waals surface area contributed by atoms with Crippen LogP contribution in [0.25, 0.3) is 20.7 Å². The van der Waals surface area contributed by atoms with Crippen LogP contribution in [0.4, 0.5) is 0 Å². The SMILES string of the molecule is COc1ccc(C(=O)Cc2nc3cc(-c4ccccc4Cl)sc3c(=O)[nH]2)cc1. The maximum atomic E-state index is 12.5. The highest BCUT2D eigenvalue weighted by Gasteiger charge is 2.14. The lowest BCUT2D eigenvalue weighted by atomic mass is 10.1. The van der Waals surface area contributed by atoms with Crippen molar-refractivity contribution in [3.8, 4) is 16.2 Å². The highest BCUT2D eigenvalue weighted by atomic mass is 35.5. The number of Topliss-reactive ketones (excluding diaryl/α,β-unsaturated/α-hetero) is 1. The maximum Gasteiger partial charge on any atom is 0.268 e. The van der Waals surface area contributed by atoms with Crippen LogP contribution in [-0.4, -0.2) is 22.9 Å². The number of hydrogen-bond donors (Lipinski definition) is 1. The molecule has 4 aromatic rings. The van der Waals surface area contributed by atoms with Gasteiger partial charge < -0.3 is 9.72 Å². The van der Waals surface area contributed by atoms with E-state index in [4.69, 9.17) is 16.3 Å². The van der Waals surface area contributed by atoms with Crippen LogP contribution in [-0.2, 0) is 6.42 Å². The number of rotatable bonds is 5. The van der Waals surface area contributed by atoms with Crippen LogP contribution in [0.5, 0.6) is 5.75 Å². The number of nitrogens with one attached hydrogen (secondary N) is 1. The second-order valence-corrected chi connectivity index (χ2v) is 7.61. The fourth-order valence-corrected chi connectivity index (χ4v) is 4.22. The van der Waals surface area contributed by atoms with Crippen molar-refractivity contribution < 1.29 is 9.53 Å². The van der Waals surface area contributed by atoms with E-state index in [1.54, 1.807) is 37.4 Å². The molecule has 0 aliphatic heterocycles. The quantitative estimate of drug-likeness (QED) is 0.482. The molecule has 28 heavy (non-hydrogen) atoms. The molecule has 0 aliphatic carbocycles. The van der Waals surface area contributed by atoms with Crippen molar-refractivity contribution in [3.05, 3.63) is 81.4 Å². The molecule has 0 atom stereocenters. The van der Waals surface area contributed by atoms with E-state index in [1.165, 1.54) is 11.3 Å². The lowest BCUT2D eigenvalue weighted by molar-refractivity contribution is 0.0991. The minimum absolute atomic E-state index is 0.00871. The van der Waals surface area contributed by atoms with Crippen LogP contribution in [0.2, 0.25) is 5.02 Å². The number of methoxy groups -OCH3 is 1. The first-order valence-electron chi connectivity index (χ1n) is 8.50. The van der Waals surface area contributed by atoms with Gasteiger partial charge in [0.1, 0.15) is 16.3 Å². The van der Waals surface area contributed by atoms with Gasteiger partial charge in [-0.25, -0.2) is 4.98 Å². The Labute approximate surface area is 169 Å². The molecule has 0 spiro atoms. The van der Waals surface area contributed by atoms with E-state index in [0.29, 0.717) is 32.4 Å². The minimum atomic E-state index is -0.258. The Morgan fingerprint density at radius 2 is 1.93 bits per heavy atom. The van der Waals surface area contributed by atoms with Crippen molar-refractivity contribution in [1.29, 1.82) is 0 Å². The molecule has 5 nitrogen and oxygen atoms in total. The van der Waals surface area contributed by atoms with E-state index in [9.17, 15) is 9.59 Å². The van der Waals surface area contributed by atoms with E-state index in [-0.39, 0.29) is 17.8 Å². The average molecular weight is 411 g/mol. The van der Waals surface area contributed by atoms with Gasteiger partial charge in [0.25, 0.3) is 5.56 Å². The molecule has 1 N–H and O–H groups in total. The first kappa shape index (κ1) is 18.4. The molecule has 2 heterocycles. The number of ether oxygens (including phenoxy) is 1. The molecule has 0 aliphatic rings. The molecular formula is C21H15ClN2O3S. The maximum absolute atomic E-state index is 12.5. The highest BCUT2D eigenvalue weighted by molar-refractivity contribution is 7.22. The van der Waals surface area contributed by atoms with Crippen molar-refractivity contribution in [1.82, 2.24) is 9.97 Å². The van der Waals surface area contributed by atoms with Gasteiger partial charge in [-0.2, -0.15) is 0 Å². The van der Waals surface area contributed by atoms with Gasteiger partial charge in [-0.05, 0) is 36.4 Å². The molecule has 0 unspecified atom stereocenters. The van der Waals surface area contributed by atoms with Gasteiger partial charge in [0, 0.05) is 21.0 Å². The summed E-state index contributed by atoms with van der Waals surface area (Å²) in [4.78, 5) is 33.1. The van der Waals surface area contributed by atoms with Gasteiger partial charge >= 0.3 is 0 Å². The van der Waals surface area contributed by atoms with Crippen LogP contribution in [0.15, 0.2) is 59.4 Å². The number of ketones is 1. The molecule has 0 saturated heterocycles. The van der Waals surface area contributed by atoms with Gasteiger partial charge in [0.2, 0.25) is 0 Å². The number of hydrogen-bond acceptors (Lipinski definition) is 5. The molecule has 0 bridgehead atoms. The topological polar surface area (TPSA) is 72.0 Å². The normalized spacial score (nSPS) is 10.9. The summed E-state index contributed by atoms with van der Waals surface area (Å²) in [7, 11) is 1.57. The lowest BCUT2D eigenvalue weighted by Gasteiger charge is -2.03. The first-order chi connectivity index (χ1) is 13.5. The molecule has 0 saturated carbocycles. The average Bonchev–Trinajstić information content (AvgIpc) is 3.13. The Morgan fingerprint density at radius 1 is 1.18 bits per heavy atom. The van der Waals surface area contributed by atoms with E-state index in [2.05, 4.69) is 9.97 Å². The van der Waals surface area contributed by atoms with Gasteiger partial charge in [-0.15, -0.1) is 11.3 Å². The number of aromatic amines is 1. The zero-order valence-corrected chi connectivity index (χ0v) is 16.4. The van der Waals surface area contributed by atoms with E-state index >= 15 is 0 Å². The highest BCUT2D eigenvalue weighted by Crippen LogP contribution is 2.35. The molecule has 2 aromatic heterocycles.